The third-order valence-corrected chi connectivity index (χ3v) is 3.03. The van der Waals surface area contributed by atoms with Crippen LogP contribution in [0.5, 0.6) is 0 Å². The van der Waals surface area contributed by atoms with E-state index < -0.39 is 0 Å². The van der Waals surface area contributed by atoms with Crippen LogP contribution in [-0.4, -0.2) is 27.6 Å². The van der Waals surface area contributed by atoms with Crippen molar-refractivity contribution in [3.8, 4) is 11.3 Å². The average Bonchev–Trinajstić information content (AvgIpc) is 2.81. The van der Waals surface area contributed by atoms with Crippen LogP contribution in [0.3, 0.4) is 0 Å². The first-order valence-corrected chi connectivity index (χ1v) is 5.78. The molecule has 0 radical (unpaired) electrons. The molecule has 0 fully saturated rings. The number of halogens is 1. The Bertz CT molecular complexity index is 569. The number of aromatic nitrogens is 3. The molecule has 1 aliphatic rings. The number of benzene rings is 1. The molecule has 1 aliphatic heterocycles. The summed E-state index contributed by atoms with van der Waals surface area (Å²) in [6, 6.07) is 6.31. The zero-order valence-corrected chi connectivity index (χ0v) is 9.71. The number of ether oxygens (including phenoxy) is 1. The second-order valence-corrected chi connectivity index (χ2v) is 4.25. The van der Waals surface area contributed by atoms with Crippen LogP contribution in [0, 0.1) is 5.82 Å². The predicted octanol–water partition coefficient (Wildman–Crippen LogP) is 0.942. The lowest BCUT2D eigenvalue weighted by Gasteiger charge is -2.22. The highest BCUT2D eigenvalue weighted by atomic mass is 19.1. The second kappa shape index (κ2) is 4.47. The van der Waals surface area contributed by atoms with E-state index in [4.69, 9.17) is 10.5 Å². The van der Waals surface area contributed by atoms with Crippen molar-refractivity contribution >= 4 is 0 Å². The first-order chi connectivity index (χ1) is 8.78. The van der Waals surface area contributed by atoms with Crippen molar-refractivity contribution in [3.05, 3.63) is 35.8 Å². The minimum atomic E-state index is -0.286. The topological polar surface area (TPSA) is 66.0 Å². The molecule has 0 saturated carbocycles. The Balaban J connectivity index is 1.98. The molecule has 2 N–H and O–H groups in total. The molecule has 0 amide bonds. The molecule has 94 valence electrons. The van der Waals surface area contributed by atoms with E-state index >= 15 is 0 Å². The van der Waals surface area contributed by atoms with Crippen LogP contribution >= 0.6 is 0 Å². The van der Waals surface area contributed by atoms with Gasteiger partial charge in [-0.1, -0.05) is 17.3 Å². The first kappa shape index (κ1) is 11.3. The molecule has 6 heteroatoms. The van der Waals surface area contributed by atoms with Gasteiger partial charge in [-0.3, -0.25) is 0 Å². The van der Waals surface area contributed by atoms with Crippen molar-refractivity contribution < 1.29 is 9.13 Å². The zero-order chi connectivity index (χ0) is 12.5. The molecule has 5 nitrogen and oxygen atoms in total. The van der Waals surface area contributed by atoms with Gasteiger partial charge in [0, 0.05) is 12.1 Å². The van der Waals surface area contributed by atoms with E-state index in [9.17, 15) is 4.39 Å². The van der Waals surface area contributed by atoms with Gasteiger partial charge in [0.1, 0.15) is 11.5 Å². The summed E-state index contributed by atoms with van der Waals surface area (Å²) in [6.07, 6.45) is -0.0282. The van der Waals surface area contributed by atoms with Gasteiger partial charge >= 0.3 is 0 Å². The normalized spacial score (nSPS) is 18.7. The molecule has 0 spiro atoms. The summed E-state index contributed by atoms with van der Waals surface area (Å²) in [5, 5.41) is 8.17. The fraction of sp³-hybridized carbons (Fsp3) is 0.333. The summed E-state index contributed by atoms with van der Waals surface area (Å²) in [4.78, 5) is 0. The maximum Gasteiger partial charge on any atom is 0.123 e. The Morgan fingerprint density at radius 1 is 1.50 bits per heavy atom. The van der Waals surface area contributed by atoms with Gasteiger partial charge in [-0.2, -0.15) is 0 Å². The molecule has 0 aliphatic carbocycles. The lowest BCUT2D eigenvalue weighted by atomic mass is 10.1. The van der Waals surface area contributed by atoms with Crippen LogP contribution in [0.2, 0.25) is 0 Å². The van der Waals surface area contributed by atoms with Crippen molar-refractivity contribution in [2.75, 3.05) is 6.54 Å². The number of fused-ring (bicyclic) bond motifs is 1. The molecular formula is C12H13FN4O. The van der Waals surface area contributed by atoms with Gasteiger partial charge in [0.25, 0.3) is 0 Å². The van der Waals surface area contributed by atoms with Gasteiger partial charge in [-0.15, -0.1) is 5.10 Å². The molecule has 1 aromatic carbocycles. The smallest absolute Gasteiger partial charge is 0.123 e. The van der Waals surface area contributed by atoms with Gasteiger partial charge in [-0.05, 0) is 12.1 Å². The molecule has 1 atom stereocenters. The molecule has 2 heterocycles. The summed E-state index contributed by atoms with van der Waals surface area (Å²) < 4.78 is 20.6. The molecule has 1 aromatic heterocycles. The number of nitrogens with zero attached hydrogens (tertiary/aromatic N) is 3. The second-order valence-electron chi connectivity index (χ2n) is 4.25. The monoisotopic (exact) mass is 248 g/mol. The highest BCUT2D eigenvalue weighted by Gasteiger charge is 2.23. The number of nitrogens with two attached hydrogens (primary N) is 1. The first-order valence-electron chi connectivity index (χ1n) is 5.78. The van der Waals surface area contributed by atoms with Crippen LogP contribution in [0.15, 0.2) is 24.3 Å². The van der Waals surface area contributed by atoms with Gasteiger partial charge in [0.2, 0.25) is 0 Å². The highest BCUT2D eigenvalue weighted by molar-refractivity contribution is 5.61. The largest absolute Gasteiger partial charge is 0.369 e. The Morgan fingerprint density at radius 2 is 2.39 bits per heavy atom. The lowest BCUT2D eigenvalue weighted by Crippen LogP contribution is -2.33. The van der Waals surface area contributed by atoms with E-state index in [1.54, 1.807) is 10.7 Å². The van der Waals surface area contributed by atoms with Gasteiger partial charge < -0.3 is 10.5 Å². The molecule has 0 saturated heterocycles. The number of rotatable bonds is 2. The predicted molar refractivity (Wildman–Crippen MR) is 63.0 cm³/mol. The average molecular weight is 248 g/mol. The summed E-state index contributed by atoms with van der Waals surface area (Å²) >= 11 is 0. The maximum atomic E-state index is 13.2. The van der Waals surface area contributed by atoms with Crippen LogP contribution < -0.4 is 5.73 Å². The van der Waals surface area contributed by atoms with Crippen LogP contribution in [0.1, 0.15) is 5.69 Å². The quantitative estimate of drug-likeness (QED) is 0.859. The van der Waals surface area contributed by atoms with Crippen molar-refractivity contribution in [2.45, 2.75) is 19.3 Å². The van der Waals surface area contributed by atoms with Crippen molar-refractivity contribution in [1.29, 1.82) is 0 Å². The minimum absolute atomic E-state index is 0.0282. The van der Waals surface area contributed by atoms with E-state index in [0.717, 1.165) is 5.69 Å². The standard InChI is InChI=1S/C12H13FN4O/c13-9-3-1-2-8(4-9)12-11-7-18-10(5-14)6-17(11)16-15-12/h1-4,10H,5-7,14H2/t10-/m0/s1. The lowest BCUT2D eigenvalue weighted by molar-refractivity contribution is 0.00639. The van der Waals surface area contributed by atoms with E-state index in [0.29, 0.717) is 31.0 Å². The van der Waals surface area contributed by atoms with Crippen LogP contribution in [-0.2, 0) is 17.9 Å². The third-order valence-electron chi connectivity index (χ3n) is 3.03. The molecule has 0 unspecified atom stereocenters. The van der Waals surface area contributed by atoms with Crippen LogP contribution in [0.4, 0.5) is 4.39 Å². The summed E-state index contributed by atoms with van der Waals surface area (Å²) in [6.45, 7) is 1.45. The van der Waals surface area contributed by atoms with Crippen molar-refractivity contribution in [2.24, 2.45) is 5.73 Å². The molecular weight excluding hydrogens is 235 g/mol. The third kappa shape index (κ3) is 1.89. The van der Waals surface area contributed by atoms with E-state index in [2.05, 4.69) is 10.3 Å². The molecule has 18 heavy (non-hydrogen) atoms. The Labute approximate surface area is 103 Å². The van der Waals surface area contributed by atoms with Gasteiger partial charge in [0.05, 0.1) is 24.9 Å². The number of hydrogen-bond donors (Lipinski definition) is 1. The highest BCUT2D eigenvalue weighted by Crippen LogP contribution is 2.25. The minimum Gasteiger partial charge on any atom is -0.369 e. The summed E-state index contributed by atoms with van der Waals surface area (Å²) in [5.74, 6) is -0.286. The maximum absolute atomic E-state index is 13.2. The fourth-order valence-electron chi connectivity index (χ4n) is 2.07. The molecule has 2 aromatic rings. The SMILES string of the molecule is NC[C@H]1Cn2nnc(-c3cccc(F)c3)c2CO1. The Morgan fingerprint density at radius 3 is 3.17 bits per heavy atom. The Kier molecular flexibility index (Phi) is 2.81. The van der Waals surface area contributed by atoms with Gasteiger partial charge in [0.15, 0.2) is 0 Å². The van der Waals surface area contributed by atoms with Crippen LogP contribution in [0.25, 0.3) is 11.3 Å². The van der Waals surface area contributed by atoms with Crippen molar-refractivity contribution in [1.82, 2.24) is 15.0 Å². The van der Waals surface area contributed by atoms with Gasteiger partial charge in [-0.25, -0.2) is 9.07 Å². The molecule has 0 bridgehead atoms. The summed E-state index contributed by atoms with van der Waals surface area (Å²) in [5.41, 5.74) is 7.81. The van der Waals surface area contributed by atoms with E-state index in [-0.39, 0.29) is 11.9 Å². The number of hydrogen-bond acceptors (Lipinski definition) is 4. The fourth-order valence-corrected chi connectivity index (χ4v) is 2.07. The zero-order valence-electron chi connectivity index (χ0n) is 9.71. The van der Waals surface area contributed by atoms with E-state index in [1.165, 1.54) is 12.1 Å². The Hall–Kier alpha value is -1.79. The summed E-state index contributed by atoms with van der Waals surface area (Å²) in [7, 11) is 0. The van der Waals surface area contributed by atoms with Crippen molar-refractivity contribution in [3.63, 3.8) is 0 Å². The van der Waals surface area contributed by atoms with E-state index in [1.807, 2.05) is 6.07 Å². The molecule has 3 rings (SSSR count).